The van der Waals surface area contributed by atoms with E-state index in [0.29, 0.717) is 0 Å². The predicted octanol–water partition coefficient (Wildman–Crippen LogP) is 14.5. The van der Waals surface area contributed by atoms with Crippen LogP contribution in [0.1, 0.15) is 0 Å². The first-order valence-electron chi connectivity index (χ1n) is 19.9. The van der Waals surface area contributed by atoms with Crippen molar-refractivity contribution >= 4 is 87.4 Å². The van der Waals surface area contributed by atoms with E-state index >= 15 is 0 Å². The van der Waals surface area contributed by atoms with Crippen LogP contribution in [0.2, 0.25) is 0 Å². The third kappa shape index (κ3) is 4.23. The zero-order chi connectivity index (χ0) is 37.9. The van der Waals surface area contributed by atoms with Gasteiger partial charge in [-0.1, -0.05) is 121 Å². The zero-order valence-electron chi connectivity index (χ0n) is 31.3. The molecule has 13 aromatic rings. The smallest absolute Gasteiger partial charge is 0.145 e. The maximum Gasteiger partial charge on any atom is 0.145 e. The highest BCUT2D eigenvalue weighted by Gasteiger charge is 2.27. The van der Waals surface area contributed by atoms with Crippen molar-refractivity contribution in [2.45, 2.75) is 0 Å². The lowest BCUT2D eigenvalue weighted by Gasteiger charge is -2.11. The summed E-state index contributed by atoms with van der Waals surface area (Å²) in [6.07, 6.45) is 0. The molecule has 58 heavy (non-hydrogen) atoms. The Hall–Kier alpha value is -7.82. The van der Waals surface area contributed by atoms with Crippen LogP contribution in [0.4, 0.5) is 0 Å². The van der Waals surface area contributed by atoms with Crippen LogP contribution in [0.5, 0.6) is 0 Å². The van der Waals surface area contributed by atoms with Gasteiger partial charge in [-0.15, -0.1) is 0 Å². The molecular weight excluding hydrogens is 707 g/mol. The van der Waals surface area contributed by atoms with Crippen molar-refractivity contribution in [1.29, 1.82) is 0 Å². The third-order valence-electron chi connectivity index (χ3n) is 12.2. The molecule has 9 aromatic carbocycles. The number of hydrogen-bond donors (Lipinski definition) is 0. The Bertz CT molecular complexity index is 3770. The summed E-state index contributed by atoms with van der Waals surface area (Å²) in [5, 5.41) is 9.41. The van der Waals surface area contributed by atoms with E-state index in [1.54, 1.807) is 0 Å². The normalized spacial score (nSPS) is 12.1. The van der Waals surface area contributed by atoms with Crippen molar-refractivity contribution in [3.05, 3.63) is 200 Å². The third-order valence-corrected chi connectivity index (χ3v) is 12.2. The summed E-state index contributed by atoms with van der Waals surface area (Å²) in [5.41, 5.74) is 14.5. The molecule has 0 aliphatic heterocycles. The molecule has 0 aliphatic carbocycles. The second-order valence-electron chi connectivity index (χ2n) is 15.3. The second kappa shape index (κ2) is 11.8. The number of furan rings is 1. The molecule has 0 fully saturated rings. The fraction of sp³-hybridized carbons (Fsp3) is 0. The van der Waals surface area contributed by atoms with E-state index in [2.05, 4.69) is 214 Å². The zero-order valence-corrected chi connectivity index (χ0v) is 31.3. The summed E-state index contributed by atoms with van der Waals surface area (Å²) in [7, 11) is 0. The fourth-order valence-electron chi connectivity index (χ4n) is 9.83. The van der Waals surface area contributed by atoms with Gasteiger partial charge < -0.3 is 18.1 Å². The topological polar surface area (TPSA) is 27.9 Å². The standard InChI is InChI=1S/C54H33N3O/c1-4-15-34(16-5-1)35-17-14-22-38(33-35)55-46-30-27-41-39-23-10-12-25-44(39)56(36-18-6-2-7-19-36)52(41)50(46)51-47(55)32-29-43-49-45(57(53(43)51)37-20-8-3-9-21-37)31-28-42-40-24-11-13-26-48(40)58-54(42)49/h1-33H. The Labute approximate surface area is 332 Å². The van der Waals surface area contributed by atoms with Gasteiger partial charge in [0.05, 0.1) is 38.5 Å². The maximum atomic E-state index is 6.82. The molecule has 0 radical (unpaired) electrons. The van der Waals surface area contributed by atoms with Gasteiger partial charge >= 0.3 is 0 Å². The highest BCUT2D eigenvalue weighted by atomic mass is 16.3. The van der Waals surface area contributed by atoms with Crippen LogP contribution >= 0.6 is 0 Å². The molecule has 4 aromatic heterocycles. The van der Waals surface area contributed by atoms with Crippen molar-refractivity contribution < 1.29 is 4.42 Å². The van der Waals surface area contributed by atoms with E-state index in [4.69, 9.17) is 4.42 Å². The number of aromatic nitrogens is 3. The summed E-state index contributed by atoms with van der Waals surface area (Å²) in [5.74, 6) is 0. The molecule has 0 atom stereocenters. The average Bonchev–Trinajstić information content (AvgIpc) is 4.03. The Morgan fingerprint density at radius 1 is 0.293 bits per heavy atom. The summed E-state index contributed by atoms with van der Waals surface area (Å²) in [6, 6.07) is 72.4. The van der Waals surface area contributed by atoms with E-state index in [1.807, 2.05) is 0 Å². The summed E-state index contributed by atoms with van der Waals surface area (Å²) >= 11 is 0. The molecule has 0 bridgehead atoms. The lowest BCUT2D eigenvalue weighted by atomic mass is 10.0. The van der Waals surface area contributed by atoms with Crippen LogP contribution in [-0.2, 0) is 0 Å². The monoisotopic (exact) mass is 739 g/mol. The van der Waals surface area contributed by atoms with Crippen LogP contribution in [0.15, 0.2) is 205 Å². The van der Waals surface area contributed by atoms with Crippen LogP contribution in [-0.4, -0.2) is 13.7 Å². The molecule has 0 aliphatic rings. The molecule has 0 N–H and O–H groups in total. The van der Waals surface area contributed by atoms with Crippen molar-refractivity contribution in [3.63, 3.8) is 0 Å². The quantitative estimate of drug-likeness (QED) is 0.177. The molecule has 4 nitrogen and oxygen atoms in total. The lowest BCUT2D eigenvalue weighted by Crippen LogP contribution is -1.95. The minimum atomic E-state index is 0.899. The number of rotatable bonds is 4. The average molecular weight is 740 g/mol. The van der Waals surface area contributed by atoms with E-state index in [9.17, 15) is 0 Å². The second-order valence-corrected chi connectivity index (χ2v) is 15.3. The molecule has 0 spiro atoms. The highest BCUT2D eigenvalue weighted by Crippen LogP contribution is 2.48. The number of hydrogen-bond acceptors (Lipinski definition) is 1. The molecule has 4 heteroatoms. The van der Waals surface area contributed by atoms with Crippen molar-refractivity contribution in [2.24, 2.45) is 0 Å². The molecule has 0 amide bonds. The van der Waals surface area contributed by atoms with Crippen LogP contribution in [0.25, 0.3) is 116 Å². The highest BCUT2D eigenvalue weighted by molar-refractivity contribution is 6.35. The lowest BCUT2D eigenvalue weighted by molar-refractivity contribution is 0.673. The van der Waals surface area contributed by atoms with Gasteiger partial charge in [0.1, 0.15) is 11.2 Å². The fourth-order valence-corrected chi connectivity index (χ4v) is 9.83. The molecule has 0 saturated carbocycles. The first kappa shape index (κ1) is 31.4. The maximum absolute atomic E-state index is 6.82. The molecule has 270 valence electrons. The molecule has 0 saturated heterocycles. The Morgan fingerprint density at radius 3 is 1.53 bits per heavy atom. The molecule has 0 unspecified atom stereocenters. The van der Waals surface area contributed by atoms with Gasteiger partial charge in [-0.3, -0.25) is 0 Å². The van der Waals surface area contributed by atoms with Gasteiger partial charge in [0.25, 0.3) is 0 Å². The van der Waals surface area contributed by atoms with Crippen LogP contribution in [0, 0.1) is 0 Å². The molecule has 4 heterocycles. The first-order chi connectivity index (χ1) is 28.8. The SMILES string of the molecule is c1ccc(-c2cccc(-n3c4ccc5c6ccccc6n(-c6ccccc6)c5c4c4c3ccc3c5c6oc7ccccc7c6ccc5n(-c5ccccc5)c34)c2)cc1. The first-order valence-corrected chi connectivity index (χ1v) is 19.9. The summed E-state index contributed by atoms with van der Waals surface area (Å²) in [4.78, 5) is 0. The molecule has 13 rings (SSSR count). The van der Waals surface area contributed by atoms with E-state index < -0.39 is 0 Å². The Kier molecular flexibility index (Phi) is 6.41. The van der Waals surface area contributed by atoms with Crippen molar-refractivity contribution in [3.8, 4) is 28.2 Å². The largest absolute Gasteiger partial charge is 0.455 e. The van der Waals surface area contributed by atoms with Gasteiger partial charge in [0.15, 0.2) is 0 Å². The molecular formula is C54H33N3O. The van der Waals surface area contributed by atoms with E-state index in [-0.39, 0.29) is 0 Å². The minimum absolute atomic E-state index is 0.899. The minimum Gasteiger partial charge on any atom is -0.455 e. The van der Waals surface area contributed by atoms with E-state index in [0.717, 1.165) is 71.8 Å². The van der Waals surface area contributed by atoms with E-state index in [1.165, 1.54) is 43.7 Å². The van der Waals surface area contributed by atoms with Gasteiger partial charge in [0, 0.05) is 54.8 Å². The Balaban J connectivity index is 1.30. The number of fused-ring (bicyclic) bond motifs is 15. The van der Waals surface area contributed by atoms with Gasteiger partial charge in [0.2, 0.25) is 0 Å². The summed E-state index contributed by atoms with van der Waals surface area (Å²) < 4.78 is 14.2. The number of nitrogens with zero attached hydrogens (tertiary/aromatic N) is 3. The number of para-hydroxylation sites is 4. The summed E-state index contributed by atoms with van der Waals surface area (Å²) in [6.45, 7) is 0. The Morgan fingerprint density at radius 2 is 0.810 bits per heavy atom. The predicted molar refractivity (Wildman–Crippen MR) is 242 cm³/mol. The van der Waals surface area contributed by atoms with Crippen molar-refractivity contribution in [1.82, 2.24) is 13.7 Å². The number of benzene rings is 9. The van der Waals surface area contributed by atoms with Crippen molar-refractivity contribution in [2.75, 3.05) is 0 Å². The van der Waals surface area contributed by atoms with Gasteiger partial charge in [-0.25, -0.2) is 0 Å². The van der Waals surface area contributed by atoms with Gasteiger partial charge in [-0.05, 0) is 90.0 Å². The van der Waals surface area contributed by atoms with Gasteiger partial charge in [-0.2, -0.15) is 0 Å². The van der Waals surface area contributed by atoms with Crippen LogP contribution in [0.3, 0.4) is 0 Å². The van der Waals surface area contributed by atoms with Crippen LogP contribution < -0.4 is 0 Å².